The molecule has 6 rings (SSSR count). The van der Waals surface area contributed by atoms with E-state index < -0.39 is 0 Å². The van der Waals surface area contributed by atoms with Crippen LogP contribution in [0.1, 0.15) is 75.5 Å². The molecule has 37 heavy (non-hydrogen) atoms. The maximum Gasteiger partial charge on any atom is 0.174 e. The summed E-state index contributed by atoms with van der Waals surface area (Å²) in [6, 6.07) is 17.5. The Labute approximate surface area is 230 Å². The highest BCUT2D eigenvalue weighted by Gasteiger charge is 2.43. The van der Waals surface area contributed by atoms with Gasteiger partial charge in [-0.15, -0.1) is 0 Å². The van der Waals surface area contributed by atoms with Crippen LogP contribution in [0.4, 0.5) is 11.4 Å². The van der Waals surface area contributed by atoms with Crippen molar-refractivity contribution in [1.82, 2.24) is 14.9 Å². The predicted octanol–water partition coefficient (Wildman–Crippen LogP) is 7.31. The Bertz CT molecular complexity index is 1240. The van der Waals surface area contributed by atoms with E-state index in [1.54, 1.807) is 0 Å². The third kappa shape index (κ3) is 4.74. The van der Waals surface area contributed by atoms with Gasteiger partial charge in [-0.25, -0.2) is 0 Å². The molecule has 1 saturated carbocycles. The molecule has 4 atom stereocenters. The SMILES string of the molecule is C[C@H]1C[C@H](C)CN(c2ccc(N3C(=S)N[C@@H](c4ccccn4)[C@@H]3c3cccn3C3CCCC3)cc2Cl)C1. The number of aromatic nitrogens is 2. The zero-order chi connectivity index (χ0) is 25.5. The van der Waals surface area contributed by atoms with Crippen LogP contribution in [0.15, 0.2) is 60.9 Å². The number of hydrogen-bond acceptors (Lipinski definition) is 3. The fourth-order valence-corrected chi connectivity index (χ4v) is 7.51. The van der Waals surface area contributed by atoms with Crippen molar-refractivity contribution in [3.8, 4) is 0 Å². The largest absolute Gasteiger partial charge is 0.370 e. The van der Waals surface area contributed by atoms with Crippen molar-refractivity contribution in [2.45, 2.75) is 64.1 Å². The molecule has 0 amide bonds. The van der Waals surface area contributed by atoms with Gasteiger partial charge in [0.2, 0.25) is 0 Å². The van der Waals surface area contributed by atoms with Crippen LogP contribution < -0.4 is 15.1 Å². The Hall–Kier alpha value is -2.57. The number of rotatable bonds is 5. The molecule has 1 N–H and O–H groups in total. The smallest absolute Gasteiger partial charge is 0.174 e. The zero-order valence-electron chi connectivity index (χ0n) is 21.7. The second-order valence-electron chi connectivity index (χ2n) is 11.3. The number of thiocarbonyl (C=S) groups is 1. The van der Waals surface area contributed by atoms with Gasteiger partial charge >= 0.3 is 0 Å². The monoisotopic (exact) mass is 533 g/mol. The number of nitrogens with one attached hydrogen (secondary N) is 1. The lowest BCUT2D eigenvalue weighted by Gasteiger charge is -2.37. The van der Waals surface area contributed by atoms with Crippen molar-refractivity contribution in [3.05, 3.63) is 77.3 Å². The van der Waals surface area contributed by atoms with Gasteiger partial charge in [-0.1, -0.05) is 44.4 Å². The van der Waals surface area contributed by atoms with E-state index in [-0.39, 0.29) is 12.1 Å². The Balaban J connectivity index is 1.39. The van der Waals surface area contributed by atoms with Crippen LogP contribution in [0.5, 0.6) is 0 Å². The molecule has 0 unspecified atom stereocenters. The van der Waals surface area contributed by atoms with Crippen molar-refractivity contribution < 1.29 is 0 Å². The molecule has 7 heteroatoms. The standard InChI is InChI=1S/C30H36ClN5S/c1-20-16-21(2)19-34(18-20)26-13-12-23(17-24(26)31)36-29(27-11-7-15-35(27)22-8-3-4-9-22)28(33-30(36)37)25-10-5-6-14-32-25/h5-7,10-15,17,20-22,28-29H,3-4,8-9,16,18-19H2,1-2H3,(H,33,37)/t20-,21-,28-,29-/m0/s1. The normalized spacial score (nSPS) is 26.6. The van der Waals surface area contributed by atoms with Crippen LogP contribution in [0.2, 0.25) is 5.02 Å². The minimum Gasteiger partial charge on any atom is -0.370 e. The molecule has 5 nitrogen and oxygen atoms in total. The quantitative estimate of drug-likeness (QED) is 0.348. The summed E-state index contributed by atoms with van der Waals surface area (Å²) in [6.45, 7) is 6.76. The number of hydrogen-bond donors (Lipinski definition) is 1. The summed E-state index contributed by atoms with van der Waals surface area (Å²) < 4.78 is 2.49. The molecule has 1 aliphatic carbocycles. The van der Waals surface area contributed by atoms with E-state index >= 15 is 0 Å². The highest BCUT2D eigenvalue weighted by Crippen LogP contribution is 2.45. The van der Waals surface area contributed by atoms with E-state index in [4.69, 9.17) is 28.8 Å². The number of pyridine rings is 1. The summed E-state index contributed by atoms with van der Waals surface area (Å²) in [6.07, 6.45) is 10.4. The first kappa shape index (κ1) is 24.7. The van der Waals surface area contributed by atoms with Crippen molar-refractivity contribution in [2.75, 3.05) is 22.9 Å². The molecule has 3 aromatic rings. The zero-order valence-corrected chi connectivity index (χ0v) is 23.3. The summed E-state index contributed by atoms with van der Waals surface area (Å²) in [7, 11) is 0. The molecule has 2 aliphatic heterocycles. The van der Waals surface area contributed by atoms with E-state index in [0.29, 0.717) is 23.0 Å². The average Bonchev–Trinajstić information content (AvgIpc) is 3.63. The van der Waals surface area contributed by atoms with Crippen molar-refractivity contribution in [2.24, 2.45) is 11.8 Å². The number of benzene rings is 1. The first-order chi connectivity index (χ1) is 18.0. The fourth-order valence-electron chi connectivity index (χ4n) is 6.87. The van der Waals surface area contributed by atoms with Crippen molar-refractivity contribution in [1.29, 1.82) is 0 Å². The third-order valence-electron chi connectivity index (χ3n) is 8.35. The number of halogens is 1. The van der Waals surface area contributed by atoms with E-state index in [2.05, 4.69) is 82.2 Å². The van der Waals surface area contributed by atoms with Gasteiger partial charge in [-0.3, -0.25) is 4.98 Å². The summed E-state index contributed by atoms with van der Waals surface area (Å²) in [5.74, 6) is 1.34. The fraction of sp³-hybridized carbons (Fsp3) is 0.467. The van der Waals surface area contributed by atoms with E-state index in [9.17, 15) is 0 Å². The average molecular weight is 534 g/mol. The summed E-state index contributed by atoms with van der Waals surface area (Å²) in [4.78, 5) is 9.43. The minimum absolute atomic E-state index is 0.0186. The van der Waals surface area contributed by atoms with Crippen LogP contribution in [-0.2, 0) is 0 Å². The Morgan fingerprint density at radius 2 is 1.78 bits per heavy atom. The van der Waals surface area contributed by atoms with Gasteiger partial charge in [0.05, 0.1) is 22.4 Å². The maximum atomic E-state index is 7.00. The van der Waals surface area contributed by atoms with Crippen LogP contribution >= 0.6 is 23.8 Å². The summed E-state index contributed by atoms with van der Waals surface area (Å²) >= 11 is 13.0. The molecule has 0 spiro atoms. The second-order valence-corrected chi connectivity index (χ2v) is 12.1. The Morgan fingerprint density at radius 3 is 2.49 bits per heavy atom. The molecule has 1 aromatic carbocycles. The summed E-state index contributed by atoms with van der Waals surface area (Å²) in [5, 5.41) is 5.11. The van der Waals surface area contributed by atoms with Gasteiger partial charge < -0.3 is 19.7 Å². The van der Waals surface area contributed by atoms with E-state index in [1.165, 1.54) is 37.8 Å². The Morgan fingerprint density at radius 1 is 1.00 bits per heavy atom. The molecule has 3 aliphatic rings. The second kappa shape index (κ2) is 10.3. The lowest BCUT2D eigenvalue weighted by molar-refractivity contribution is 0.357. The van der Waals surface area contributed by atoms with Gasteiger partial charge in [-0.05, 0) is 85.8 Å². The van der Waals surface area contributed by atoms with Crippen LogP contribution in [0, 0.1) is 11.8 Å². The predicted molar refractivity (Wildman–Crippen MR) is 156 cm³/mol. The molecule has 3 fully saturated rings. The third-order valence-corrected chi connectivity index (χ3v) is 8.97. The lowest BCUT2D eigenvalue weighted by atomic mass is 9.91. The van der Waals surface area contributed by atoms with Crippen LogP contribution in [0.3, 0.4) is 0 Å². The highest BCUT2D eigenvalue weighted by atomic mass is 35.5. The molecular weight excluding hydrogens is 498 g/mol. The van der Waals surface area contributed by atoms with Gasteiger partial charge in [0.25, 0.3) is 0 Å². The molecule has 2 aromatic heterocycles. The highest BCUT2D eigenvalue weighted by molar-refractivity contribution is 7.80. The first-order valence-corrected chi connectivity index (χ1v) is 14.5. The molecule has 2 saturated heterocycles. The molecule has 0 radical (unpaired) electrons. The van der Waals surface area contributed by atoms with Gasteiger partial charge in [0.15, 0.2) is 5.11 Å². The van der Waals surface area contributed by atoms with Crippen LogP contribution in [-0.4, -0.2) is 27.8 Å². The van der Waals surface area contributed by atoms with Gasteiger partial charge in [0, 0.05) is 42.9 Å². The molecule has 0 bridgehead atoms. The maximum absolute atomic E-state index is 7.00. The first-order valence-electron chi connectivity index (χ1n) is 13.7. The van der Waals surface area contributed by atoms with Crippen LogP contribution in [0.25, 0.3) is 0 Å². The van der Waals surface area contributed by atoms with Gasteiger partial charge in [-0.2, -0.15) is 0 Å². The van der Waals surface area contributed by atoms with E-state index in [1.807, 2.05) is 12.3 Å². The summed E-state index contributed by atoms with van der Waals surface area (Å²) in [5.41, 5.74) is 4.41. The molecular formula is C30H36ClN5S. The lowest BCUT2D eigenvalue weighted by Crippen LogP contribution is -2.39. The molecule has 194 valence electrons. The topological polar surface area (TPSA) is 36.3 Å². The van der Waals surface area contributed by atoms with Crippen molar-refractivity contribution in [3.63, 3.8) is 0 Å². The number of piperidine rings is 1. The van der Waals surface area contributed by atoms with Crippen molar-refractivity contribution >= 4 is 40.3 Å². The minimum atomic E-state index is -0.0500. The van der Waals surface area contributed by atoms with Gasteiger partial charge in [0.1, 0.15) is 6.04 Å². The number of nitrogens with zero attached hydrogens (tertiary/aromatic N) is 4. The van der Waals surface area contributed by atoms with E-state index in [0.717, 1.165) is 35.2 Å². The Kier molecular flexibility index (Phi) is 6.89. The number of anilines is 2. The molecule has 4 heterocycles.